The van der Waals surface area contributed by atoms with Gasteiger partial charge < -0.3 is 29.2 Å². The summed E-state index contributed by atoms with van der Waals surface area (Å²) < 4.78 is 22.9. The van der Waals surface area contributed by atoms with Crippen molar-refractivity contribution in [3.8, 4) is 46.0 Å². The van der Waals surface area contributed by atoms with E-state index in [1.165, 1.54) is 75.3 Å². The molecule has 2 aliphatic carbocycles. The van der Waals surface area contributed by atoms with Crippen LogP contribution in [0.15, 0.2) is 72.8 Å². The largest absolute Gasteiger partial charge is 0.508 e. The van der Waals surface area contributed by atoms with Gasteiger partial charge in [0.1, 0.15) is 46.0 Å². The van der Waals surface area contributed by atoms with E-state index in [1.54, 1.807) is 38.5 Å². The molecular weight excluding hydrogens is 576 g/mol. The standard InChI is InChI=1S/C21H24O3.C19H20O3/c1-22-15-8-10-17-19(12-15)24-20-13-16(23-2)9-11-18(20)21(17)14-6-4-3-5-7-14;20-13-6-8-15-17(10-13)22-18-11-14(21)7-9-16(18)19(15)12-4-2-1-3-5-12/h8-14,21H,3-7H2,1-2H3;6-12,19-21H,1-5H2. The lowest BCUT2D eigenvalue weighted by Crippen LogP contribution is -2.21. The number of phenolic OH excluding ortho intramolecular Hbond substituents is 2. The number of fused-ring (bicyclic) bond motifs is 4. The van der Waals surface area contributed by atoms with Crippen molar-refractivity contribution >= 4 is 0 Å². The van der Waals surface area contributed by atoms with Crippen molar-refractivity contribution in [1.82, 2.24) is 0 Å². The van der Waals surface area contributed by atoms with Crippen LogP contribution in [0.1, 0.15) is 98.3 Å². The molecule has 2 heterocycles. The van der Waals surface area contributed by atoms with E-state index in [1.807, 2.05) is 36.4 Å². The Balaban J connectivity index is 0.000000147. The molecule has 0 saturated heterocycles. The summed E-state index contributed by atoms with van der Waals surface area (Å²) in [4.78, 5) is 0. The minimum absolute atomic E-state index is 0.213. The average molecular weight is 621 g/mol. The van der Waals surface area contributed by atoms with Gasteiger partial charge in [-0.25, -0.2) is 0 Å². The molecule has 4 aliphatic rings. The lowest BCUT2D eigenvalue weighted by Gasteiger charge is -2.36. The van der Waals surface area contributed by atoms with E-state index in [-0.39, 0.29) is 11.5 Å². The van der Waals surface area contributed by atoms with E-state index in [4.69, 9.17) is 18.9 Å². The molecule has 6 heteroatoms. The van der Waals surface area contributed by atoms with Gasteiger partial charge in [-0.3, -0.25) is 0 Å². The lowest BCUT2D eigenvalue weighted by molar-refractivity contribution is 0.307. The van der Waals surface area contributed by atoms with Crippen LogP contribution in [0.3, 0.4) is 0 Å². The summed E-state index contributed by atoms with van der Waals surface area (Å²) in [6.07, 6.45) is 13.0. The van der Waals surface area contributed by atoms with Gasteiger partial charge in [-0.15, -0.1) is 0 Å². The fraction of sp³-hybridized carbons (Fsp3) is 0.400. The quantitative estimate of drug-likeness (QED) is 0.236. The van der Waals surface area contributed by atoms with Gasteiger partial charge in [-0.05, 0) is 61.8 Å². The molecule has 0 atom stereocenters. The highest BCUT2D eigenvalue weighted by molar-refractivity contribution is 5.58. The number of phenols is 2. The molecule has 6 nitrogen and oxygen atoms in total. The Labute approximate surface area is 271 Å². The molecule has 0 aromatic heterocycles. The Hall–Kier alpha value is -4.32. The van der Waals surface area contributed by atoms with Crippen molar-refractivity contribution in [3.05, 3.63) is 95.1 Å². The smallest absolute Gasteiger partial charge is 0.134 e. The van der Waals surface area contributed by atoms with E-state index >= 15 is 0 Å². The van der Waals surface area contributed by atoms with Crippen LogP contribution < -0.4 is 18.9 Å². The van der Waals surface area contributed by atoms with Crippen LogP contribution in [0, 0.1) is 11.8 Å². The van der Waals surface area contributed by atoms with E-state index in [0.29, 0.717) is 35.2 Å². The SMILES string of the molecule is COc1ccc2c(c1)Oc1cc(OC)ccc1C2C1CCCCC1.Oc1ccc2c(c1)Oc1cc(O)ccc1C2C1CCCCC1. The maximum absolute atomic E-state index is 9.76. The van der Waals surface area contributed by atoms with Gasteiger partial charge >= 0.3 is 0 Å². The highest BCUT2D eigenvalue weighted by atomic mass is 16.5. The van der Waals surface area contributed by atoms with Crippen molar-refractivity contribution < 1.29 is 29.2 Å². The van der Waals surface area contributed by atoms with Crippen LogP contribution in [-0.4, -0.2) is 24.4 Å². The van der Waals surface area contributed by atoms with Crippen molar-refractivity contribution in [2.75, 3.05) is 14.2 Å². The zero-order chi connectivity index (χ0) is 31.6. The Morgan fingerprint density at radius 3 is 1.20 bits per heavy atom. The highest BCUT2D eigenvalue weighted by Gasteiger charge is 2.36. The normalized spacial score (nSPS) is 18.0. The Morgan fingerprint density at radius 2 is 0.826 bits per heavy atom. The van der Waals surface area contributed by atoms with E-state index in [9.17, 15) is 10.2 Å². The zero-order valence-electron chi connectivity index (χ0n) is 26.8. The fourth-order valence-electron chi connectivity index (χ4n) is 8.23. The lowest BCUT2D eigenvalue weighted by atomic mass is 9.72. The van der Waals surface area contributed by atoms with Gasteiger partial charge in [-0.2, -0.15) is 0 Å². The van der Waals surface area contributed by atoms with Crippen LogP contribution in [-0.2, 0) is 0 Å². The van der Waals surface area contributed by atoms with Gasteiger partial charge in [0.2, 0.25) is 0 Å². The third-order valence-electron chi connectivity index (χ3n) is 10.5. The van der Waals surface area contributed by atoms with Crippen LogP contribution in [0.25, 0.3) is 0 Å². The topological polar surface area (TPSA) is 77.4 Å². The third-order valence-corrected chi connectivity index (χ3v) is 10.5. The number of hydrogen-bond acceptors (Lipinski definition) is 6. The van der Waals surface area contributed by atoms with Crippen molar-refractivity contribution in [3.63, 3.8) is 0 Å². The number of benzene rings is 4. The number of rotatable bonds is 4. The minimum atomic E-state index is 0.213. The summed E-state index contributed by atoms with van der Waals surface area (Å²) in [5, 5.41) is 19.5. The Kier molecular flexibility index (Phi) is 8.70. The molecule has 4 aromatic rings. The summed E-state index contributed by atoms with van der Waals surface area (Å²) in [6, 6.07) is 23.3. The fourth-order valence-corrected chi connectivity index (χ4v) is 8.23. The number of hydrogen-bond donors (Lipinski definition) is 2. The van der Waals surface area contributed by atoms with Gasteiger partial charge in [0.25, 0.3) is 0 Å². The molecule has 2 fully saturated rings. The Bertz CT molecular complexity index is 1580. The molecule has 0 radical (unpaired) electrons. The van der Waals surface area contributed by atoms with Crippen LogP contribution >= 0.6 is 0 Å². The van der Waals surface area contributed by atoms with E-state index < -0.39 is 0 Å². The zero-order valence-corrected chi connectivity index (χ0v) is 26.8. The number of aromatic hydroxyl groups is 2. The summed E-state index contributed by atoms with van der Waals surface area (Å²) >= 11 is 0. The van der Waals surface area contributed by atoms with Crippen molar-refractivity contribution in [2.45, 2.75) is 76.0 Å². The van der Waals surface area contributed by atoms with E-state index in [2.05, 4.69) is 12.1 Å². The molecule has 2 aliphatic heterocycles. The van der Waals surface area contributed by atoms with E-state index in [0.717, 1.165) is 34.1 Å². The highest BCUT2D eigenvalue weighted by Crippen LogP contribution is 2.53. The first-order valence-electron chi connectivity index (χ1n) is 16.9. The average Bonchev–Trinajstić information content (AvgIpc) is 3.10. The summed E-state index contributed by atoms with van der Waals surface area (Å²) in [7, 11) is 3.39. The maximum Gasteiger partial charge on any atom is 0.134 e. The number of methoxy groups -OCH3 is 2. The molecule has 46 heavy (non-hydrogen) atoms. The molecule has 4 aromatic carbocycles. The molecule has 240 valence electrons. The summed E-state index contributed by atoms with van der Waals surface area (Å²) in [5.41, 5.74) is 4.89. The van der Waals surface area contributed by atoms with Gasteiger partial charge in [0, 0.05) is 58.4 Å². The molecule has 0 unspecified atom stereocenters. The minimum Gasteiger partial charge on any atom is -0.508 e. The second kappa shape index (κ2) is 13.2. The van der Waals surface area contributed by atoms with Crippen molar-refractivity contribution in [2.24, 2.45) is 11.8 Å². The second-order valence-electron chi connectivity index (χ2n) is 13.2. The second-order valence-corrected chi connectivity index (χ2v) is 13.2. The predicted octanol–water partition coefficient (Wildman–Crippen LogP) is 10.4. The molecular formula is C40H44O6. The first-order valence-corrected chi connectivity index (χ1v) is 16.9. The molecule has 8 rings (SSSR count). The van der Waals surface area contributed by atoms with Gasteiger partial charge in [0.15, 0.2) is 0 Å². The van der Waals surface area contributed by atoms with Gasteiger partial charge in [0.05, 0.1) is 14.2 Å². The monoisotopic (exact) mass is 620 g/mol. The third kappa shape index (κ3) is 5.97. The Morgan fingerprint density at radius 1 is 0.478 bits per heavy atom. The number of ether oxygens (including phenoxy) is 4. The first kappa shape index (κ1) is 30.3. The molecule has 0 bridgehead atoms. The molecule has 0 spiro atoms. The maximum atomic E-state index is 9.76. The van der Waals surface area contributed by atoms with Crippen LogP contribution in [0.4, 0.5) is 0 Å². The van der Waals surface area contributed by atoms with Crippen LogP contribution in [0.5, 0.6) is 46.0 Å². The van der Waals surface area contributed by atoms with Gasteiger partial charge in [-0.1, -0.05) is 62.8 Å². The first-order chi connectivity index (χ1) is 22.5. The summed E-state index contributed by atoms with van der Waals surface area (Å²) in [5.74, 6) is 7.35. The molecule has 2 N–H and O–H groups in total. The molecule has 0 amide bonds. The van der Waals surface area contributed by atoms with Crippen LogP contribution in [0.2, 0.25) is 0 Å². The summed E-state index contributed by atoms with van der Waals surface area (Å²) in [6.45, 7) is 0. The molecule has 2 saturated carbocycles. The van der Waals surface area contributed by atoms with Crippen molar-refractivity contribution in [1.29, 1.82) is 0 Å². The predicted molar refractivity (Wildman–Crippen MR) is 179 cm³/mol.